The van der Waals surface area contributed by atoms with Crippen molar-refractivity contribution in [3.05, 3.63) is 53.7 Å². The van der Waals surface area contributed by atoms with Crippen molar-refractivity contribution in [1.29, 1.82) is 0 Å². The van der Waals surface area contributed by atoms with Crippen LogP contribution in [0.4, 0.5) is 4.39 Å². The highest BCUT2D eigenvalue weighted by Crippen LogP contribution is 2.22. The van der Waals surface area contributed by atoms with E-state index < -0.39 is 0 Å². The fraction of sp³-hybridized carbons (Fsp3) is 0.421. The average molecular weight is 349 g/mol. The van der Waals surface area contributed by atoms with Gasteiger partial charge in [-0.1, -0.05) is 20.8 Å². The summed E-state index contributed by atoms with van der Waals surface area (Å²) in [6, 6.07) is 8.74. The second-order valence-corrected chi connectivity index (χ2v) is 6.91. The molecule has 1 amide bonds. The number of benzene rings is 1. The standard InChI is InChI=1S/C19H24FNO4/c1-19(2,3)17(10-11-22)21-18(23)16-9-8-15(25-16)12-24-14-6-4-13(20)5-7-14/h4-9,17,22H,10-12H2,1-3H3,(H,21,23). The zero-order valence-corrected chi connectivity index (χ0v) is 14.7. The van der Waals surface area contributed by atoms with E-state index in [9.17, 15) is 9.18 Å². The van der Waals surface area contributed by atoms with Crippen LogP contribution in [0.25, 0.3) is 0 Å². The summed E-state index contributed by atoms with van der Waals surface area (Å²) in [5.74, 6) is 0.523. The van der Waals surface area contributed by atoms with Crippen molar-refractivity contribution in [1.82, 2.24) is 5.32 Å². The first kappa shape index (κ1) is 19.0. The summed E-state index contributed by atoms with van der Waals surface area (Å²) >= 11 is 0. The van der Waals surface area contributed by atoms with Gasteiger partial charge in [-0.15, -0.1) is 0 Å². The van der Waals surface area contributed by atoms with Gasteiger partial charge in [0.25, 0.3) is 5.91 Å². The van der Waals surface area contributed by atoms with Crippen LogP contribution in [0, 0.1) is 11.2 Å². The molecule has 1 aromatic heterocycles. The van der Waals surface area contributed by atoms with Crippen molar-refractivity contribution in [2.45, 2.75) is 39.8 Å². The van der Waals surface area contributed by atoms with Crippen LogP contribution in [0.5, 0.6) is 5.75 Å². The summed E-state index contributed by atoms with van der Waals surface area (Å²) in [5.41, 5.74) is -0.181. The normalized spacial score (nSPS) is 12.7. The number of aliphatic hydroxyl groups excluding tert-OH is 1. The van der Waals surface area contributed by atoms with E-state index in [4.69, 9.17) is 14.3 Å². The number of furan rings is 1. The summed E-state index contributed by atoms with van der Waals surface area (Å²) in [6.07, 6.45) is 0.469. The van der Waals surface area contributed by atoms with Crippen molar-refractivity contribution in [2.24, 2.45) is 5.41 Å². The van der Waals surface area contributed by atoms with Crippen LogP contribution in [0.1, 0.15) is 43.5 Å². The monoisotopic (exact) mass is 349 g/mol. The average Bonchev–Trinajstić information content (AvgIpc) is 3.02. The Kier molecular flexibility index (Phi) is 6.20. The molecule has 1 heterocycles. The van der Waals surface area contributed by atoms with Crippen LogP contribution in [0.15, 0.2) is 40.8 Å². The van der Waals surface area contributed by atoms with E-state index in [-0.39, 0.29) is 42.2 Å². The Hall–Kier alpha value is -2.34. The lowest BCUT2D eigenvalue weighted by molar-refractivity contribution is 0.0853. The highest BCUT2D eigenvalue weighted by Gasteiger charge is 2.27. The fourth-order valence-electron chi connectivity index (χ4n) is 2.34. The first-order valence-corrected chi connectivity index (χ1v) is 8.18. The van der Waals surface area contributed by atoms with Gasteiger partial charge in [0.15, 0.2) is 5.76 Å². The first-order chi connectivity index (χ1) is 11.8. The number of halogens is 1. The number of ether oxygens (including phenoxy) is 1. The Morgan fingerprint density at radius 1 is 1.24 bits per heavy atom. The van der Waals surface area contributed by atoms with Crippen molar-refractivity contribution >= 4 is 5.91 Å². The molecule has 0 aliphatic carbocycles. The zero-order chi connectivity index (χ0) is 18.4. The number of amides is 1. The van der Waals surface area contributed by atoms with E-state index in [0.717, 1.165) is 0 Å². The molecule has 0 aliphatic heterocycles. The molecule has 6 heteroatoms. The molecule has 1 unspecified atom stereocenters. The minimum absolute atomic E-state index is 0.00285. The van der Waals surface area contributed by atoms with Crippen LogP contribution < -0.4 is 10.1 Å². The third kappa shape index (κ3) is 5.60. The van der Waals surface area contributed by atoms with Crippen molar-refractivity contribution in [3.8, 4) is 5.75 Å². The third-order valence-corrected chi connectivity index (χ3v) is 3.85. The Labute approximate surface area is 146 Å². The maximum Gasteiger partial charge on any atom is 0.287 e. The molecular formula is C19H24FNO4. The topological polar surface area (TPSA) is 71.7 Å². The molecule has 0 saturated carbocycles. The second kappa shape index (κ2) is 8.16. The molecule has 0 radical (unpaired) electrons. The number of carbonyl (C=O) groups excluding carboxylic acids is 1. The molecule has 0 aliphatic rings. The number of nitrogens with one attached hydrogen (secondary N) is 1. The second-order valence-electron chi connectivity index (χ2n) is 6.91. The molecule has 0 fully saturated rings. The van der Waals surface area contributed by atoms with Gasteiger partial charge in [0, 0.05) is 12.6 Å². The predicted molar refractivity (Wildman–Crippen MR) is 91.9 cm³/mol. The minimum atomic E-state index is -0.333. The predicted octanol–water partition coefficient (Wildman–Crippen LogP) is 3.52. The summed E-state index contributed by atoms with van der Waals surface area (Å²) < 4.78 is 23.8. The molecule has 2 aromatic rings. The molecule has 0 saturated heterocycles. The van der Waals surface area contributed by atoms with Gasteiger partial charge >= 0.3 is 0 Å². The van der Waals surface area contributed by atoms with Crippen molar-refractivity contribution in [2.75, 3.05) is 6.61 Å². The van der Waals surface area contributed by atoms with E-state index >= 15 is 0 Å². The largest absolute Gasteiger partial charge is 0.486 e. The molecule has 25 heavy (non-hydrogen) atoms. The van der Waals surface area contributed by atoms with Gasteiger partial charge in [-0.2, -0.15) is 0 Å². The Bertz CT molecular complexity index is 688. The van der Waals surface area contributed by atoms with E-state index in [2.05, 4.69) is 5.32 Å². The third-order valence-electron chi connectivity index (χ3n) is 3.85. The quantitative estimate of drug-likeness (QED) is 0.802. The van der Waals surface area contributed by atoms with Gasteiger partial charge in [-0.3, -0.25) is 4.79 Å². The molecule has 1 atom stereocenters. The van der Waals surface area contributed by atoms with Gasteiger partial charge in [0.1, 0.15) is 23.9 Å². The maximum absolute atomic E-state index is 12.9. The van der Waals surface area contributed by atoms with Gasteiger partial charge in [-0.25, -0.2) is 4.39 Å². The lowest BCUT2D eigenvalue weighted by Gasteiger charge is -2.30. The van der Waals surface area contributed by atoms with Gasteiger partial charge in [0.05, 0.1) is 0 Å². The Balaban J connectivity index is 1.95. The number of aliphatic hydroxyl groups is 1. The summed E-state index contributed by atoms with van der Waals surface area (Å²) in [4.78, 5) is 12.3. The van der Waals surface area contributed by atoms with E-state index in [1.165, 1.54) is 24.3 Å². The van der Waals surface area contributed by atoms with E-state index in [1.807, 2.05) is 20.8 Å². The SMILES string of the molecule is CC(C)(C)C(CCO)NC(=O)c1ccc(COc2ccc(F)cc2)o1. The Morgan fingerprint density at radius 3 is 2.52 bits per heavy atom. The van der Waals surface area contributed by atoms with Crippen LogP contribution in [-0.2, 0) is 6.61 Å². The highest BCUT2D eigenvalue weighted by molar-refractivity contribution is 5.91. The lowest BCUT2D eigenvalue weighted by Crippen LogP contribution is -2.44. The summed E-state index contributed by atoms with van der Waals surface area (Å²) in [7, 11) is 0. The van der Waals surface area contributed by atoms with Gasteiger partial charge in [-0.05, 0) is 48.2 Å². The van der Waals surface area contributed by atoms with Crippen LogP contribution in [0.3, 0.4) is 0 Å². The molecular weight excluding hydrogens is 325 g/mol. The molecule has 2 N–H and O–H groups in total. The van der Waals surface area contributed by atoms with Gasteiger partial charge < -0.3 is 19.6 Å². The Morgan fingerprint density at radius 2 is 1.92 bits per heavy atom. The van der Waals surface area contributed by atoms with Crippen molar-refractivity contribution < 1.29 is 23.4 Å². The molecule has 136 valence electrons. The smallest absolute Gasteiger partial charge is 0.287 e. The molecule has 5 nitrogen and oxygen atoms in total. The van der Waals surface area contributed by atoms with Crippen LogP contribution in [0.2, 0.25) is 0 Å². The molecule has 0 bridgehead atoms. The van der Waals surface area contributed by atoms with Crippen LogP contribution >= 0.6 is 0 Å². The molecule has 2 rings (SSSR count). The number of hydrogen-bond acceptors (Lipinski definition) is 4. The first-order valence-electron chi connectivity index (χ1n) is 8.18. The number of hydrogen-bond donors (Lipinski definition) is 2. The van der Waals surface area contributed by atoms with Crippen LogP contribution in [-0.4, -0.2) is 23.7 Å². The molecule has 1 aromatic carbocycles. The molecule has 0 spiro atoms. The van der Waals surface area contributed by atoms with Gasteiger partial charge in [0.2, 0.25) is 0 Å². The van der Waals surface area contributed by atoms with E-state index in [1.54, 1.807) is 12.1 Å². The number of rotatable bonds is 7. The number of carbonyl (C=O) groups is 1. The minimum Gasteiger partial charge on any atom is -0.486 e. The highest BCUT2D eigenvalue weighted by atomic mass is 19.1. The zero-order valence-electron chi connectivity index (χ0n) is 14.7. The summed E-state index contributed by atoms with van der Waals surface area (Å²) in [5, 5.41) is 12.1. The fourth-order valence-corrected chi connectivity index (χ4v) is 2.34. The van der Waals surface area contributed by atoms with E-state index in [0.29, 0.717) is 17.9 Å². The lowest BCUT2D eigenvalue weighted by atomic mass is 9.85. The maximum atomic E-state index is 12.9. The van der Waals surface area contributed by atoms with Crippen molar-refractivity contribution in [3.63, 3.8) is 0 Å². The summed E-state index contributed by atoms with van der Waals surface area (Å²) in [6.45, 7) is 6.13.